The Labute approximate surface area is 205 Å². The summed E-state index contributed by atoms with van der Waals surface area (Å²) in [5.74, 6) is 1.53. The van der Waals surface area contributed by atoms with E-state index in [-0.39, 0.29) is 17.8 Å². The highest BCUT2D eigenvalue weighted by molar-refractivity contribution is 6.18. The highest BCUT2D eigenvalue weighted by Gasteiger charge is 2.36. The standard InChI is InChI=1S/C28H34O7/c1-8-34-18-14-10-11-15-19(18)23(29)21-22(25(15)35-27(30)28(2,3)4)24(32-6)16-12-9-13-17(31-5)20(16)26(21)33-7/h9,12-13,18,29H,8,10-11,14H2,1-7H3. The van der Waals surface area contributed by atoms with Crippen molar-refractivity contribution in [1.82, 2.24) is 0 Å². The van der Waals surface area contributed by atoms with E-state index in [0.29, 0.717) is 57.7 Å². The SMILES string of the molecule is CCOC1CCCc2c1c(O)c1c(OC)c3c(OC)cccc3c(OC)c1c2OC(=O)C(C)(C)C. The number of hydrogen-bond acceptors (Lipinski definition) is 7. The highest BCUT2D eigenvalue weighted by Crippen LogP contribution is 2.57. The van der Waals surface area contributed by atoms with Crippen LogP contribution in [0.3, 0.4) is 0 Å². The Balaban J connectivity index is 2.26. The summed E-state index contributed by atoms with van der Waals surface area (Å²) in [6.45, 7) is 7.85. The molecule has 0 spiro atoms. The largest absolute Gasteiger partial charge is 0.507 e. The Morgan fingerprint density at radius 3 is 2.31 bits per heavy atom. The number of ether oxygens (including phenoxy) is 5. The van der Waals surface area contributed by atoms with Gasteiger partial charge in [-0.05, 0) is 53.0 Å². The van der Waals surface area contributed by atoms with Crippen LogP contribution in [-0.2, 0) is 16.0 Å². The minimum absolute atomic E-state index is 0.0478. The van der Waals surface area contributed by atoms with E-state index < -0.39 is 5.41 Å². The van der Waals surface area contributed by atoms with Crippen LogP contribution in [0.5, 0.6) is 28.7 Å². The summed E-state index contributed by atoms with van der Waals surface area (Å²) in [7, 11) is 4.70. The number of methoxy groups -OCH3 is 3. The Bertz CT molecular complexity index is 1290. The van der Waals surface area contributed by atoms with Crippen LogP contribution in [0.15, 0.2) is 18.2 Å². The van der Waals surface area contributed by atoms with Crippen molar-refractivity contribution in [2.45, 2.75) is 53.1 Å². The average molecular weight is 483 g/mol. The molecule has 1 aliphatic carbocycles. The Kier molecular flexibility index (Phi) is 6.73. The van der Waals surface area contributed by atoms with Gasteiger partial charge in [0.2, 0.25) is 0 Å². The number of hydrogen-bond donors (Lipinski definition) is 1. The molecule has 0 aromatic heterocycles. The van der Waals surface area contributed by atoms with Crippen molar-refractivity contribution in [3.8, 4) is 28.7 Å². The predicted molar refractivity (Wildman–Crippen MR) is 135 cm³/mol. The molecule has 0 saturated heterocycles. The summed E-state index contributed by atoms with van der Waals surface area (Å²) < 4.78 is 29.6. The lowest BCUT2D eigenvalue weighted by Gasteiger charge is -2.31. The summed E-state index contributed by atoms with van der Waals surface area (Å²) in [5.41, 5.74) is 0.666. The minimum atomic E-state index is -0.734. The quantitative estimate of drug-likeness (QED) is 0.259. The van der Waals surface area contributed by atoms with Gasteiger partial charge in [-0.15, -0.1) is 0 Å². The maximum absolute atomic E-state index is 13.2. The molecule has 188 valence electrons. The van der Waals surface area contributed by atoms with Crippen molar-refractivity contribution in [3.05, 3.63) is 29.3 Å². The molecule has 0 aliphatic heterocycles. The second-order valence-corrected chi connectivity index (χ2v) is 9.75. The maximum Gasteiger partial charge on any atom is 0.316 e. The van der Waals surface area contributed by atoms with Crippen molar-refractivity contribution in [2.24, 2.45) is 5.41 Å². The van der Waals surface area contributed by atoms with Crippen LogP contribution in [-0.4, -0.2) is 39.0 Å². The number of fused-ring (bicyclic) bond motifs is 3. The normalized spacial score (nSPS) is 15.7. The van der Waals surface area contributed by atoms with Crippen LogP contribution < -0.4 is 18.9 Å². The van der Waals surface area contributed by atoms with Crippen molar-refractivity contribution < 1.29 is 33.6 Å². The van der Waals surface area contributed by atoms with Crippen molar-refractivity contribution in [2.75, 3.05) is 27.9 Å². The summed E-state index contributed by atoms with van der Waals surface area (Å²) in [5, 5.41) is 14.1. The topological polar surface area (TPSA) is 83.5 Å². The number of rotatable bonds is 6. The van der Waals surface area contributed by atoms with E-state index in [0.717, 1.165) is 23.8 Å². The molecule has 0 amide bonds. The first kappa shape index (κ1) is 24.9. The third-order valence-corrected chi connectivity index (χ3v) is 6.54. The Morgan fingerprint density at radius 1 is 1.00 bits per heavy atom. The third kappa shape index (κ3) is 4.01. The summed E-state index contributed by atoms with van der Waals surface area (Å²) >= 11 is 0. The molecule has 1 N–H and O–H groups in total. The number of benzene rings is 3. The van der Waals surface area contributed by atoms with E-state index in [1.807, 2.05) is 45.9 Å². The van der Waals surface area contributed by atoms with Gasteiger partial charge in [0.05, 0.1) is 49.0 Å². The van der Waals surface area contributed by atoms with Gasteiger partial charge in [-0.25, -0.2) is 0 Å². The van der Waals surface area contributed by atoms with Gasteiger partial charge in [-0.3, -0.25) is 4.79 Å². The molecule has 1 aliphatic rings. The number of aromatic hydroxyl groups is 1. The second-order valence-electron chi connectivity index (χ2n) is 9.75. The average Bonchev–Trinajstić information content (AvgIpc) is 2.83. The summed E-state index contributed by atoms with van der Waals surface area (Å²) in [6.07, 6.45) is 1.90. The maximum atomic E-state index is 13.2. The molecule has 1 unspecified atom stereocenters. The third-order valence-electron chi connectivity index (χ3n) is 6.54. The monoisotopic (exact) mass is 482 g/mol. The lowest BCUT2D eigenvalue weighted by atomic mass is 9.83. The molecule has 0 radical (unpaired) electrons. The van der Waals surface area contributed by atoms with E-state index >= 15 is 0 Å². The summed E-state index contributed by atoms with van der Waals surface area (Å²) in [6, 6.07) is 5.59. The molecular formula is C28H34O7. The molecule has 1 atom stereocenters. The fourth-order valence-electron chi connectivity index (χ4n) is 4.95. The van der Waals surface area contributed by atoms with Gasteiger partial charge in [-0.2, -0.15) is 0 Å². The van der Waals surface area contributed by atoms with Gasteiger partial charge in [-0.1, -0.05) is 12.1 Å². The number of phenolic OH excluding ortho intramolecular Hbond substituents is 1. The molecule has 0 heterocycles. The van der Waals surface area contributed by atoms with E-state index in [4.69, 9.17) is 23.7 Å². The van der Waals surface area contributed by atoms with E-state index in [2.05, 4.69) is 0 Å². The van der Waals surface area contributed by atoms with Crippen molar-refractivity contribution in [1.29, 1.82) is 0 Å². The first-order valence-corrected chi connectivity index (χ1v) is 11.9. The van der Waals surface area contributed by atoms with Crippen LogP contribution in [0.4, 0.5) is 0 Å². The van der Waals surface area contributed by atoms with Gasteiger partial charge in [0, 0.05) is 23.1 Å². The lowest BCUT2D eigenvalue weighted by Crippen LogP contribution is -2.27. The summed E-state index contributed by atoms with van der Waals surface area (Å²) in [4.78, 5) is 13.2. The lowest BCUT2D eigenvalue weighted by molar-refractivity contribution is -0.142. The fraction of sp³-hybridized carbons (Fsp3) is 0.464. The van der Waals surface area contributed by atoms with E-state index in [9.17, 15) is 9.90 Å². The van der Waals surface area contributed by atoms with Gasteiger partial charge < -0.3 is 28.8 Å². The molecule has 35 heavy (non-hydrogen) atoms. The number of carbonyl (C=O) groups excluding carboxylic acids is 1. The number of phenols is 1. The molecule has 3 aromatic rings. The second kappa shape index (κ2) is 9.46. The zero-order valence-corrected chi connectivity index (χ0v) is 21.5. The highest BCUT2D eigenvalue weighted by atomic mass is 16.5. The molecule has 0 saturated carbocycles. The Morgan fingerprint density at radius 2 is 1.71 bits per heavy atom. The first-order chi connectivity index (χ1) is 16.7. The van der Waals surface area contributed by atoms with Gasteiger partial charge in [0.1, 0.15) is 28.7 Å². The number of esters is 1. The van der Waals surface area contributed by atoms with Gasteiger partial charge >= 0.3 is 5.97 Å². The van der Waals surface area contributed by atoms with Crippen LogP contribution in [0.2, 0.25) is 0 Å². The zero-order valence-electron chi connectivity index (χ0n) is 21.5. The van der Waals surface area contributed by atoms with Gasteiger partial charge in [0.15, 0.2) is 0 Å². The molecule has 4 rings (SSSR count). The molecular weight excluding hydrogens is 448 g/mol. The van der Waals surface area contributed by atoms with Crippen LogP contribution in [0.25, 0.3) is 21.5 Å². The van der Waals surface area contributed by atoms with Crippen molar-refractivity contribution in [3.63, 3.8) is 0 Å². The molecule has 0 bridgehead atoms. The Hall–Kier alpha value is -3.19. The van der Waals surface area contributed by atoms with Crippen LogP contribution in [0, 0.1) is 5.41 Å². The smallest absolute Gasteiger partial charge is 0.316 e. The van der Waals surface area contributed by atoms with E-state index in [1.165, 1.54) is 0 Å². The number of carbonyl (C=O) groups is 1. The van der Waals surface area contributed by atoms with Crippen LogP contribution in [0.1, 0.15) is 57.8 Å². The zero-order chi connectivity index (χ0) is 25.5. The molecule has 7 nitrogen and oxygen atoms in total. The molecule has 7 heteroatoms. The molecule has 3 aromatic carbocycles. The van der Waals surface area contributed by atoms with Crippen LogP contribution >= 0.6 is 0 Å². The van der Waals surface area contributed by atoms with Crippen molar-refractivity contribution >= 4 is 27.5 Å². The molecule has 0 fully saturated rings. The predicted octanol–water partition coefficient (Wildman–Crippen LogP) is 6.09. The fourth-order valence-corrected chi connectivity index (χ4v) is 4.95. The minimum Gasteiger partial charge on any atom is -0.507 e. The first-order valence-electron chi connectivity index (χ1n) is 11.9. The van der Waals surface area contributed by atoms with E-state index in [1.54, 1.807) is 21.3 Å². The van der Waals surface area contributed by atoms with Gasteiger partial charge in [0.25, 0.3) is 0 Å².